The van der Waals surface area contributed by atoms with E-state index in [-0.39, 0.29) is 5.92 Å². The molecule has 0 heterocycles. The van der Waals surface area contributed by atoms with Crippen LogP contribution in [0.2, 0.25) is 0 Å². The molecule has 1 rings (SSSR count). The second kappa shape index (κ2) is 6.41. The Morgan fingerprint density at radius 3 is 2.60 bits per heavy atom. The van der Waals surface area contributed by atoms with Crippen molar-refractivity contribution in [1.29, 1.82) is 0 Å². The lowest BCUT2D eigenvalue weighted by atomic mass is 10.1. The Labute approximate surface area is 122 Å². The van der Waals surface area contributed by atoms with E-state index in [4.69, 9.17) is 22.8 Å². The summed E-state index contributed by atoms with van der Waals surface area (Å²) in [6, 6.07) is 0. The van der Waals surface area contributed by atoms with Gasteiger partial charge in [-0.2, -0.15) is 4.39 Å². The molecule has 0 aromatic rings. The first-order valence-corrected chi connectivity index (χ1v) is 6.68. The SMILES string of the molecule is C#CC(OC(=O)C1C(/C=C(\F)Cl)C1(C)C)/C(F)=C/CC. The van der Waals surface area contributed by atoms with Gasteiger partial charge in [0.05, 0.1) is 5.92 Å². The highest BCUT2D eigenvalue weighted by Crippen LogP contribution is 2.60. The number of esters is 1. The predicted octanol–water partition coefficient (Wildman–Crippen LogP) is 4.12. The molecule has 0 saturated heterocycles. The summed E-state index contributed by atoms with van der Waals surface area (Å²) < 4.78 is 31.2. The highest BCUT2D eigenvalue weighted by atomic mass is 35.5. The van der Waals surface area contributed by atoms with E-state index in [1.807, 2.05) is 0 Å². The van der Waals surface area contributed by atoms with Gasteiger partial charge in [0, 0.05) is 5.92 Å². The number of allylic oxidation sites excluding steroid dienone is 2. The molecule has 20 heavy (non-hydrogen) atoms. The van der Waals surface area contributed by atoms with Gasteiger partial charge < -0.3 is 4.74 Å². The van der Waals surface area contributed by atoms with E-state index in [0.717, 1.165) is 6.08 Å². The monoisotopic (exact) mass is 302 g/mol. The molecule has 0 aliphatic heterocycles. The second-order valence-electron chi connectivity index (χ2n) is 5.26. The number of carbonyl (C=O) groups is 1. The largest absolute Gasteiger partial charge is 0.441 e. The van der Waals surface area contributed by atoms with E-state index in [2.05, 4.69) is 5.92 Å². The molecule has 1 aliphatic rings. The summed E-state index contributed by atoms with van der Waals surface area (Å²) in [4.78, 5) is 12.0. The molecular formula is C15H17ClF2O2. The van der Waals surface area contributed by atoms with Crippen LogP contribution < -0.4 is 0 Å². The lowest BCUT2D eigenvalue weighted by Crippen LogP contribution is -2.20. The number of hydrogen-bond donors (Lipinski definition) is 0. The molecule has 0 N–H and O–H groups in total. The Hall–Kier alpha value is -1.34. The maximum Gasteiger partial charge on any atom is 0.311 e. The topological polar surface area (TPSA) is 26.3 Å². The third-order valence-corrected chi connectivity index (χ3v) is 3.63. The summed E-state index contributed by atoms with van der Waals surface area (Å²) in [5.74, 6) is -0.173. The van der Waals surface area contributed by atoms with Gasteiger partial charge in [0.25, 0.3) is 0 Å². The lowest BCUT2D eigenvalue weighted by Gasteiger charge is -2.11. The molecule has 0 bridgehead atoms. The molecule has 3 atom stereocenters. The molecule has 0 amide bonds. The molecule has 2 nitrogen and oxygen atoms in total. The van der Waals surface area contributed by atoms with Crippen LogP contribution in [0.3, 0.4) is 0 Å². The van der Waals surface area contributed by atoms with Crippen molar-refractivity contribution in [3.63, 3.8) is 0 Å². The molecule has 1 saturated carbocycles. The molecular weight excluding hydrogens is 286 g/mol. The van der Waals surface area contributed by atoms with Crippen molar-refractivity contribution in [3.05, 3.63) is 23.3 Å². The minimum Gasteiger partial charge on any atom is -0.441 e. The number of halogens is 3. The van der Waals surface area contributed by atoms with Crippen LogP contribution in [0.15, 0.2) is 23.3 Å². The van der Waals surface area contributed by atoms with Crippen LogP contribution in [0.25, 0.3) is 0 Å². The minimum absolute atomic E-state index is 0.371. The third-order valence-electron chi connectivity index (χ3n) is 3.51. The molecule has 5 heteroatoms. The summed E-state index contributed by atoms with van der Waals surface area (Å²) in [7, 11) is 0. The fourth-order valence-corrected chi connectivity index (χ4v) is 2.37. The molecule has 0 spiro atoms. The molecule has 1 aliphatic carbocycles. The van der Waals surface area contributed by atoms with Crippen molar-refractivity contribution in [2.45, 2.75) is 33.3 Å². The standard InChI is InChI=1S/C15H17ClF2O2/c1-5-7-10(17)11(6-2)20-14(19)13-9(8-12(16)18)15(13,3)4/h2,7-9,11,13H,5H2,1,3-4H3/b10-7-,12-8-. The van der Waals surface area contributed by atoms with Gasteiger partial charge >= 0.3 is 5.97 Å². The fraction of sp³-hybridized carbons (Fsp3) is 0.533. The van der Waals surface area contributed by atoms with Gasteiger partial charge in [-0.25, -0.2) is 4.39 Å². The number of hydrogen-bond acceptors (Lipinski definition) is 2. The molecule has 3 unspecified atom stereocenters. The third kappa shape index (κ3) is 3.61. The van der Waals surface area contributed by atoms with Crippen LogP contribution in [0.4, 0.5) is 8.78 Å². The quantitative estimate of drug-likeness (QED) is 0.564. The number of carbonyl (C=O) groups excluding carboxylic acids is 1. The van der Waals surface area contributed by atoms with Gasteiger partial charge in [0.1, 0.15) is 5.83 Å². The van der Waals surface area contributed by atoms with Gasteiger partial charge in [-0.05, 0) is 24.0 Å². The summed E-state index contributed by atoms with van der Waals surface area (Å²) in [6.07, 6.45) is 6.69. The van der Waals surface area contributed by atoms with Crippen molar-refractivity contribution in [2.24, 2.45) is 17.3 Å². The fourth-order valence-electron chi connectivity index (χ4n) is 2.24. The van der Waals surface area contributed by atoms with Crippen LogP contribution in [0.5, 0.6) is 0 Å². The number of rotatable bonds is 5. The minimum atomic E-state index is -1.33. The normalized spacial score (nSPS) is 26.6. The van der Waals surface area contributed by atoms with Crippen LogP contribution >= 0.6 is 11.6 Å². The van der Waals surface area contributed by atoms with E-state index >= 15 is 0 Å². The molecule has 110 valence electrons. The lowest BCUT2D eigenvalue weighted by molar-refractivity contribution is -0.148. The first-order chi connectivity index (χ1) is 9.25. The maximum absolute atomic E-state index is 13.6. The highest BCUT2D eigenvalue weighted by Gasteiger charge is 2.62. The Balaban J connectivity index is 2.76. The molecule has 1 fully saturated rings. The van der Waals surface area contributed by atoms with Crippen molar-refractivity contribution in [2.75, 3.05) is 0 Å². The van der Waals surface area contributed by atoms with Crippen LogP contribution in [-0.4, -0.2) is 12.1 Å². The van der Waals surface area contributed by atoms with E-state index < -0.39 is 34.5 Å². The zero-order valence-electron chi connectivity index (χ0n) is 11.6. The zero-order valence-corrected chi connectivity index (χ0v) is 12.4. The van der Waals surface area contributed by atoms with Crippen LogP contribution in [0.1, 0.15) is 27.2 Å². The molecule has 0 aromatic heterocycles. The van der Waals surface area contributed by atoms with Crippen molar-refractivity contribution < 1.29 is 18.3 Å². The van der Waals surface area contributed by atoms with Crippen LogP contribution in [0, 0.1) is 29.6 Å². The Morgan fingerprint density at radius 1 is 1.55 bits per heavy atom. The molecule has 0 radical (unpaired) electrons. The van der Waals surface area contributed by atoms with E-state index in [0.29, 0.717) is 6.42 Å². The average Bonchev–Trinajstić information content (AvgIpc) is 2.86. The number of ether oxygens (including phenoxy) is 1. The van der Waals surface area contributed by atoms with E-state index in [1.54, 1.807) is 20.8 Å². The van der Waals surface area contributed by atoms with Gasteiger partial charge in [-0.3, -0.25) is 4.79 Å². The van der Waals surface area contributed by atoms with Crippen molar-refractivity contribution in [3.8, 4) is 12.3 Å². The van der Waals surface area contributed by atoms with E-state index in [9.17, 15) is 13.6 Å². The predicted molar refractivity (Wildman–Crippen MR) is 74.0 cm³/mol. The van der Waals surface area contributed by atoms with Crippen molar-refractivity contribution >= 4 is 17.6 Å². The zero-order chi connectivity index (χ0) is 15.5. The highest BCUT2D eigenvalue weighted by molar-refractivity contribution is 6.28. The Kier molecular flexibility index (Phi) is 5.35. The molecule has 0 aromatic carbocycles. The Morgan fingerprint density at radius 2 is 2.15 bits per heavy atom. The summed E-state index contributed by atoms with van der Waals surface area (Å²) >= 11 is 5.18. The van der Waals surface area contributed by atoms with Gasteiger partial charge in [-0.1, -0.05) is 38.3 Å². The van der Waals surface area contributed by atoms with Crippen LogP contribution in [-0.2, 0) is 9.53 Å². The number of terminal acetylenes is 1. The first-order valence-electron chi connectivity index (χ1n) is 6.30. The summed E-state index contributed by atoms with van der Waals surface area (Å²) in [5.41, 5.74) is -0.479. The average molecular weight is 303 g/mol. The maximum atomic E-state index is 13.6. The van der Waals surface area contributed by atoms with Gasteiger partial charge in [-0.15, -0.1) is 6.42 Å². The smallest absolute Gasteiger partial charge is 0.311 e. The second-order valence-corrected chi connectivity index (χ2v) is 5.62. The van der Waals surface area contributed by atoms with E-state index in [1.165, 1.54) is 6.08 Å². The summed E-state index contributed by atoms with van der Waals surface area (Å²) in [6.45, 7) is 5.30. The van der Waals surface area contributed by atoms with Crippen molar-refractivity contribution in [1.82, 2.24) is 0 Å². The summed E-state index contributed by atoms with van der Waals surface area (Å²) in [5, 5.41) is -0.871. The van der Waals surface area contributed by atoms with Gasteiger partial charge in [0.15, 0.2) is 5.29 Å². The van der Waals surface area contributed by atoms with Gasteiger partial charge in [0.2, 0.25) is 6.10 Å². The Bertz CT molecular complexity index is 485. The first kappa shape index (κ1) is 16.7.